The minimum atomic E-state index is -2.26. The minimum Gasteiger partial charge on any atom is -0.358 e. The molecule has 0 bridgehead atoms. The van der Waals surface area contributed by atoms with Gasteiger partial charge in [-0.1, -0.05) is 10.2 Å². The van der Waals surface area contributed by atoms with Crippen molar-refractivity contribution in [2.24, 2.45) is 20.3 Å². The number of hydrogen-bond acceptors (Lipinski definition) is 10. The fraction of sp³-hybridized carbons (Fsp3) is 0.571. The summed E-state index contributed by atoms with van der Waals surface area (Å²) in [5, 5.41) is 40.8. The second-order valence-corrected chi connectivity index (χ2v) is 4.03. The zero-order chi connectivity index (χ0) is 16.2. The highest BCUT2D eigenvalue weighted by atomic mass is 16.6. The first-order valence-electron chi connectivity index (χ1n) is 5.70. The van der Waals surface area contributed by atoms with Crippen molar-refractivity contribution in [1.29, 1.82) is 0 Å². The molecule has 0 aromatic carbocycles. The number of aliphatic imine (C=N–C) groups is 1. The lowest BCUT2D eigenvalue weighted by molar-refractivity contribution is -0.570. The maximum absolute atomic E-state index is 11.2. The molecule has 1 aliphatic heterocycles. The van der Waals surface area contributed by atoms with Crippen molar-refractivity contribution < 1.29 is 9.85 Å². The Morgan fingerprint density at radius 1 is 1.50 bits per heavy atom. The second kappa shape index (κ2) is 5.88. The maximum Gasteiger partial charge on any atom is 0.438 e. The van der Waals surface area contributed by atoms with E-state index < -0.39 is 27.5 Å². The Kier molecular flexibility index (Phi) is 3.99. The van der Waals surface area contributed by atoms with E-state index in [1.54, 1.807) is 0 Å². The number of aryl methyl sites for hydroxylation is 1. The summed E-state index contributed by atoms with van der Waals surface area (Å²) in [5.74, 6) is -2.76. The Labute approximate surface area is 120 Å². The molecule has 1 aromatic rings. The number of rotatable bonds is 7. The number of hydrogen-bond donors (Lipinski definition) is 1. The van der Waals surface area contributed by atoms with Gasteiger partial charge in [0.2, 0.25) is 0 Å². The van der Waals surface area contributed by atoms with E-state index in [0.717, 1.165) is 6.34 Å². The van der Waals surface area contributed by atoms with Crippen LogP contribution in [0.1, 0.15) is 12.1 Å². The summed E-state index contributed by atoms with van der Waals surface area (Å²) in [6.07, 6.45) is 0.655. The number of nitrogens with one attached hydrogen (secondary N) is 1. The molecule has 0 fully saturated rings. The molecule has 0 spiro atoms. The third-order valence-electron chi connectivity index (χ3n) is 2.85. The molecular weight excluding hydrogens is 302 g/mol. The van der Waals surface area contributed by atoms with Gasteiger partial charge < -0.3 is 10.1 Å². The first-order chi connectivity index (χ1) is 10.5. The van der Waals surface area contributed by atoms with Crippen molar-refractivity contribution in [3.8, 4) is 0 Å². The Bertz CT molecular complexity index is 689. The predicted molar refractivity (Wildman–Crippen MR) is 67.4 cm³/mol. The van der Waals surface area contributed by atoms with Crippen LogP contribution in [-0.4, -0.2) is 43.4 Å². The highest BCUT2D eigenvalue weighted by molar-refractivity contribution is 5.57. The van der Waals surface area contributed by atoms with Crippen molar-refractivity contribution in [1.82, 2.24) is 15.4 Å². The molecule has 2 atom stereocenters. The Hall–Kier alpha value is -3.48. The van der Waals surface area contributed by atoms with E-state index in [4.69, 9.17) is 5.53 Å². The number of nitrogens with zero attached hydrogens (tertiary/aromatic N) is 10. The molecule has 1 aromatic heterocycles. The summed E-state index contributed by atoms with van der Waals surface area (Å²) < 4.78 is 0. The average molecular weight is 309 g/mol. The summed E-state index contributed by atoms with van der Waals surface area (Å²) in [6.45, 7) is 0. The Morgan fingerprint density at radius 3 is 2.82 bits per heavy atom. The van der Waals surface area contributed by atoms with Crippen molar-refractivity contribution in [2.75, 3.05) is 0 Å². The molecule has 22 heavy (non-hydrogen) atoms. The van der Waals surface area contributed by atoms with Crippen LogP contribution in [0.4, 0.5) is 5.82 Å². The van der Waals surface area contributed by atoms with E-state index in [0.29, 0.717) is 0 Å². The first-order valence-corrected chi connectivity index (χ1v) is 5.70. The molecule has 2 heterocycles. The topological polar surface area (TPSA) is 214 Å². The zero-order valence-electron chi connectivity index (χ0n) is 10.7. The van der Waals surface area contributed by atoms with Gasteiger partial charge in [-0.15, -0.1) is 5.11 Å². The lowest BCUT2D eigenvalue weighted by Gasteiger charge is -2.18. The van der Waals surface area contributed by atoms with Gasteiger partial charge in [0.1, 0.15) is 17.1 Å². The van der Waals surface area contributed by atoms with Gasteiger partial charge in [0, 0.05) is 10.1 Å². The van der Waals surface area contributed by atoms with Gasteiger partial charge in [-0.05, 0) is 23.3 Å². The molecule has 114 valence electrons. The highest BCUT2D eigenvalue weighted by Crippen LogP contribution is 2.29. The standard InChI is InChI=1S/C7H7N11O4/c8-15-12-5(7(18(21)22)9-3-10-14-7)2-1-4-6(17(19)20)13-16-11-4/h3,5H,1-2H2,(H,11,13,16). The van der Waals surface area contributed by atoms with Crippen LogP contribution >= 0.6 is 0 Å². The highest BCUT2D eigenvalue weighted by Gasteiger charge is 2.53. The molecule has 0 radical (unpaired) electrons. The summed E-state index contributed by atoms with van der Waals surface area (Å²) in [4.78, 5) is 26.4. The average Bonchev–Trinajstić information content (AvgIpc) is 3.12. The number of aromatic amines is 1. The smallest absolute Gasteiger partial charge is 0.358 e. The van der Waals surface area contributed by atoms with E-state index >= 15 is 0 Å². The van der Waals surface area contributed by atoms with E-state index in [1.807, 2.05) is 0 Å². The zero-order valence-corrected chi connectivity index (χ0v) is 10.7. The number of aromatic nitrogens is 3. The predicted octanol–water partition coefficient (Wildman–Crippen LogP) is 0.749. The molecule has 2 unspecified atom stereocenters. The lowest BCUT2D eigenvalue weighted by Crippen LogP contribution is -2.44. The molecule has 0 saturated carbocycles. The van der Waals surface area contributed by atoms with E-state index in [2.05, 4.69) is 40.7 Å². The van der Waals surface area contributed by atoms with E-state index in [1.165, 1.54) is 0 Å². The van der Waals surface area contributed by atoms with Crippen LogP contribution in [0.5, 0.6) is 0 Å². The van der Waals surface area contributed by atoms with E-state index in [9.17, 15) is 20.2 Å². The van der Waals surface area contributed by atoms with Crippen molar-refractivity contribution >= 4 is 12.2 Å². The fourth-order valence-electron chi connectivity index (χ4n) is 1.84. The Morgan fingerprint density at radius 2 is 2.27 bits per heavy atom. The van der Waals surface area contributed by atoms with Gasteiger partial charge in [-0.25, -0.2) is 5.10 Å². The van der Waals surface area contributed by atoms with Crippen LogP contribution in [-0.2, 0) is 6.42 Å². The Balaban J connectivity index is 2.23. The normalized spacial score (nSPS) is 20.5. The number of nitro groups is 2. The lowest BCUT2D eigenvalue weighted by atomic mass is 10.0. The molecule has 1 aliphatic rings. The van der Waals surface area contributed by atoms with Gasteiger partial charge in [0.05, 0.1) is 4.92 Å². The molecule has 0 aliphatic carbocycles. The number of H-pyrrole nitrogens is 1. The third-order valence-corrected chi connectivity index (χ3v) is 2.85. The summed E-state index contributed by atoms with van der Waals surface area (Å²) in [5.41, 5.74) is 8.61. The molecule has 0 amide bonds. The largest absolute Gasteiger partial charge is 0.438 e. The van der Waals surface area contributed by atoms with Gasteiger partial charge in [0.15, 0.2) is 6.04 Å². The van der Waals surface area contributed by atoms with Crippen LogP contribution in [0.15, 0.2) is 20.3 Å². The summed E-state index contributed by atoms with van der Waals surface area (Å²) >= 11 is 0. The van der Waals surface area contributed by atoms with Crippen LogP contribution in [0, 0.1) is 20.2 Å². The van der Waals surface area contributed by atoms with Crippen LogP contribution < -0.4 is 0 Å². The second-order valence-electron chi connectivity index (χ2n) is 4.03. The molecule has 0 saturated heterocycles. The van der Waals surface area contributed by atoms with Crippen LogP contribution in [0.2, 0.25) is 0 Å². The quantitative estimate of drug-likeness (QED) is 0.252. The van der Waals surface area contributed by atoms with Gasteiger partial charge in [-0.2, -0.15) is 4.99 Å². The SMILES string of the molecule is [N-]=[N+]=NC(CCc1[nH]nnc1[N+](=O)[O-])C1([N+](=O)[O-])N=CN=N1. The van der Waals surface area contributed by atoms with Gasteiger partial charge >= 0.3 is 11.6 Å². The number of azo groups is 1. The first kappa shape index (κ1) is 14.9. The summed E-state index contributed by atoms with van der Waals surface area (Å²) in [6, 6.07) is -1.32. The van der Waals surface area contributed by atoms with Crippen LogP contribution in [0.3, 0.4) is 0 Å². The van der Waals surface area contributed by atoms with Gasteiger partial charge in [0.25, 0.3) is 0 Å². The van der Waals surface area contributed by atoms with Crippen molar-refractivity contribution in [3.05, 3.63) is 36.4 Å². The molecule has 2 rings (SSSR count). The third kappa shape index (κ3) is 2.55. The molecular formula is C7H7N11O4. The van der Waals surface area contributed by atoms with Crippen LogP contribution in [0.25, 0.3) is 10.4 Å². The molecule has 15 heteroatoms. The van der Waals surface area contributed by atoms with Gasteiger partial charge in [-0.3, -0.25) is 10.1 Å². The number of azide groups is 1. The fourth-order valence-corrected chi connectivity index (χ4v) is 1.84. The van der Waals surface area contributed by atoms with E-state index in [-0.39, 0.29) is 18.5 Å². The molecule has 15 nitrogen and oxygen atoms in total. The maximum atomic E-state index is 11.2. The van der Waals surface area contributed by atoms with Crippen molar-refractivity contribution in [2.45, 2.75) is 24.7 Å². The molecule has 1 N–H and O–H groups in total. The van der Waals surface area contributed by atoms with Crippen molar-refractivity contribution in [3.63, 3.8) is 0 Å². The summed E-state index contributed by atoms with van der Waals surface area (Å²) in [7, 11) is 0. The minimum absolute atomic E-state index is 0.0422. The monoisotopic (exact) mass is 309 g/mol.